The zero-order valence-corrected chi connectivity index (χ0v) is 11.6. The molecule has 1 unspecified atom stereocenters. The molecular formula is C12H16N4O5. The molecule has 9 heteroatoms. The Morgan fingerprint density at radius 1 is 1.43 bits per heavy atom. The Morgan fingerprint density at radius 3 is 2.52 bits per heavy atom. The predicted molar refractivity (Wildman–Crippen MR) is 73.8 cm³/mol. The number of nitrogens with one attached hydrogen (secondary N) is 2. The van der Waals surface area contributed by atoms with Gasteiger partial charge in [0.05, 0.1) is 11.5 Å². The topological polar surface area (TPSA) is 134 Å². The minimum absolute atomic E-state index is 0.157. The van der Waals surface area contributed by atoms with E-state index in [1.807, 2.05) is 0 Å². The van der Waals surface area contributed by atoms with Gasteiger partial charge in [0, 0.05) is 6.07 Å². The van der Waals surface area contributed by atoms with Crippen molar-refractivity contribution in [2.24, 2.45) is 5.92 Å². The Hall–Kier alpha value is -2.71. The normalized spacial score (nSPS) is 11.8. The second-order valence-corrected chi connectivity index (χ2v) is 4.64. The van der Waals surface area contributed by atoms with Crippen molar-refractivity contribution in [2.75, 3.05) is 11.9 Å². The van der Waals surface area contributed by atoms with E-state index in [4.69, 9.17) is 5.11 Å². The van der Waals surface area contributed by atoms with Gasteiger partial charge in [0.1, 0.15) is 18.1 Å². The van der Waals surface area contributed by atoms with E-state index in [0.29, 0.717) is 0 Å². The number of carboxylic acids is 1. The van der Waals surface area contributed by atoms with Gasteiger partial charge in [0.25, 0.3) is 5.69 Å². The fraction of sp³-hybridized carbons (Fsp3) is 0.417. The monoisotopic (exact) mass is 296 g/mol. The smallest absolute Gasteiger partial charge is 0.326 e. The number of hydrogen-bond donors (Lipinski definition) is 3. The highest BCUT2D eigenvalue weighted by Crippen LogP contribution is 2.11. The van der Waals surface area contributed by atoms with Crippen molar-refractivity contribution in [1.82, 2.24) is 10.3 Å². The van der Waals surface area contributed by atoms with E-state index in [2.05, 4.69) is 15.6 Å². The van der Waals surface area contributed by atoms with E-state index < -0.39 is 22.8 Å². The molecule has 1 heterocycles. The van der Waals surface area contributed by atoms with Crippen LogP contribution < -0.4 is 10.6 Å². The molecule has 9 nitrogen and oxygen atoms in total. The van der Waals surface area contributed by atoms with Gasteiger partial charge in [-0.25, -0.2) is 9.78 Å². The third kappa shape index (κ3) is 5.05. The molecule has 0 aliphatic rings. The minimum atomic E-state index is -1.10. The van der Waals surface area contributed by atoms with Crippen molar-refractivity contribution in [2.45, 2.75) is 19.9 Å². The van der Waals surface area contributed by atoms with Crippen LogP contribution in [0, 0.1) is 16.0 Å². The molecule has 1 aromatic rings. The largest absolute Gasteiger partial charge is 0.480 e. The Bertz CT molecular complexity index is 529. The number of hydrogen-bond acceptors (Lipinski definition) is 6. The van der Waals surface area contributed by atoms with E-state index >= 15 is 0 Å². The molecule has 0 spiro atoms. The summed E-state index contributed by atoms with van der Waals surface area (Å²) in [4.78, 5) is 36.2. The fourth-order valence-corrected chi connectivity index (χ4v) is 1.51. The van der Waals surface area contributed by atoms with Crippen molar-refractivity contribution in [3.05, 3.63) is 28.4 Å². The molecule has 114 valence electrons. The lowest BCUT2D eigenvalue weighted by Crippen LogP contribution is -2.46. The van der Waals surface area contributed by atoms with E-state index in [1.165, 1.54) is 12.1 Å². The van der Waals surface area contributed by atoms with Gasteiger partial charge >= 0.3 is 5.97 Å². The molecule has 0 aromatic carbocycles. The van der Waals surface area contributed by atoms with Crippen LogP contribution in [0.2, 0.25) is 0 Å². The van der Waals surface area contributed by atoms with Crippen LogP contribution >= 0.6 is 0 Å². The molecule has 0 saturated heterocycles. The van der Waals surface area contributed by atoms with E-state index in [9.17, 15) is 19.7 Å². The van der Waals surface area contributed by atoms with Gasteiger partial charge in [0.15, 0.2) is 0 Å². The molecular weight excluding hydrogens is 280 g/mol. The second-order valence-electron chi connectivity index (χ2n) is 4.64. The van der Waals surface area contributed by atoms with Gasteiger partial charge in [-0.1, -0.05) is 13.8 Å². The average Bonchev–Trinajstić information content (AvgIpc) is 2.42. The number of anilines is 1. The Balaban J connectivity index is 2.52. The lowest BCUT2D eigenvalue weighted by Gasteiger charge is -2.18. The van der Waals surface area contributed by atoms with Crippen LogP contribution in [-0.2, 0) is 9.59 Å². The number of amides is 1. The van der Waals surface area contributed by atoms with Crippen LogP contribution in [0.5, 0.6) is 0 Å². The Kier molecular flexibility index (Phi) is 5.58. The number of pyridine rings is 1. The maximum Gasteiger partial charge on any atom is 0.326 e. The number of nitrogens with zero attached hydrogens (tertiary/aromatic N) is 2. The van der Waals surface area contributed by atoms with Gasteiger partial charge in [-0.3, -0.25) is 14.9 Å². The van der Waals surface area contributed by atoms with Crippen LogP contribution in [0.3, 0.4) is 0 Å². The Morgan fingerprint density at radius 2 is 2.10 bits per heavy atom. The van der Waals surface area contributed by atoms with E-state index in [0.717, 1.165) is 6.20 Å². The molecule has 1 rings (SSSR count). The van der Waals surface area contributed by atoms with Gasteiger partial charge in [0.2, 0.25) is 5.91 Å². The first-order valence-electron chi connectivity index (χ1n) is 6.17. The molecule has 0 bridgehead atoms. The number of aromatic nitrogens is 1. The molecule has 3 N–H and O–H groups in total. The Labute approximate surface area is 120 Å². The molecule has 21 heavy (non-hydrogen) atoms. The maximum atomic E-state index is 11.6. The van der Waals surface area contributed by atoms with Crippen LogP contribution in [0.15, 0.2) is 18.3 Å². The fourth-order valence-electron chi connectivity index (χ4n) is 1.51. The number of carbonyl (C=O) groups excluding carboxylic acids is 1. The zero-order valence-electron chi connectivity index (χ0n) is 11.6. The highest BCUT2D eigenvalue weighted by Gasteiger charge is 2.23. The first-order valence-corrected chi connectivity index (χ1v) is 6.17. The standard InChI is InChI=1S/C12H16N4O5/c1-7(2)11(12(18)19)15-10(17)6-14-9-4-3-8(5-13-9)16(20)21/h3-5,7,11H,6H2,1-2H3,(H,13,14)(H,15,17)(H,18,19). The summed E-state index contributed by atoms with van der Waals surface area (Å²) < 4.78 is 0. The first-order chi connectivity index (χ1) is 9.81. The first kappa shape index (κ1) is 16.3. The third-order valence-electron chi connectivity index (χ3n) is 2.64. The van der Waals surface area contributed by atoms with Crippen molar-refractivity contribution in [1.29, 1.82) is 0 Å². The van der Waals surface area contributed by atoms with E-state index in [-0.39, 0.29) is 24.0 Å². The summed E-state index contributed by atoms with van der Waals surface area (Å²) in [5.74, 6) is -1.57. The van der Waals surface area contributed by atoms with Crippen LogP contribution in [0.25, 0.3) is 0 Å². The quantitative estimate of drug-likeness (QED) is 0.496. The van der Waals surface area contributed by atoms with Crippen molar-refractivity contribution < 1.29 is 19.6 Å². The molecule has 1 atom stereocenters. The van der Waals surface area contributed by atoms with Gasteiger partial charge in [-0.15, -0.1) is 0 Å². The number of carbonyl (C=O) groups is 2. The third-order valence-corrected chi connectivity index (χ3v) is 2.64. The molecule has 0 aliphatic carbocycles. The van der Waals surface area contributed by atoms with Crippen molar-refractivity contribution in [3.8, 4) is 0 Å². The van der Waals surface area contributed by atoms with E-state index in [1.54, 1.807) is 13.8 Å². The van der Waals surface area contributed by atoms with Gasteiger partial charge in [-0.05, 0) is 12.0 Å². The van der Waals surface area contributed by atoms with Gasteiger partial charge in [-0.2, -0.15) is 0 Å². The van der Waals surface area contributed by atoms with Crippen molar-refractivity contribution >= 4 is 23.4 Å². The van der Waals surface area contributed by atoms with Crippen LogP contribution in [0.4, 0.5) is 11.5 Å². The van der Waals surface area contributed by atoms with Crippen LogP contribution in [0.1, 0.15) is 13.8 Å². The molecule has 0 fully saturated rings. The summed E-state index contributed by atoms with van der Waals surface area (Å²) in [6.45, 7) is 3.19. The average molecular weight is 296 g/mol. The highest BCUT2D eigenvalue weighted by molar-refractivity contribution is 5.86. The lowest BCUT2D eigenvalue weighted by molar-refractivity contribution is -0.385. The summed E-state index contributed by atoms with van der Waals surface area (Å²) in [7, 11) is 0. The zero-order chi connectivity index (χ0) is 16.0. The molecule has 1 aromatic heterocycles. The molecule has 0 aliphatic heterocycles. The van der Waals surface area contributed by atoms with Crippen LogP contribution in [-0.4, -0.2) is 39.5 Å². The summed E-state index contributed by atoms with van der Waals surface area (Å²) in [6.07, 6.45) is 1.06. The summed E-state index contributed by atoms with van der Waals surface area (Å²) in [5, 5.41) is 24.4. The maximum absolute atomic E-state index is 11.6. The highest BCUT2D eigenvalue weighted by atomic mass is 16.6. The molecule has 0 saturated carbocycles. The molecule has 0 radical (unpaired) electrons. The second kappa shape index (κ2) is 7.17. The number of aliphatic carboxylic acids is 1. The number of rotatable bonds is 7. The molecule has 1 amide bonds. The number of nitro groups is 1. The summed E-state index contributed by atoms with van der Waals surface area (Å²) in [5.41, 5.74) is -0.157. The summed E-state index contributed by atoms with van der Waals surface area (Å²) >= 11 is 0. The summed E-state index contributed by atoms with van der Waals surface area (Å²) in [6, 6.07) is 1.65. The predicted octanol–water partition coefficient (Wildman–Crippen LogP) is 0.627. The van der Waals surface area contributed by atoms with Crippen molar-refractivity contribution in [3.63, 3.8) is 0 Å². The lowest BCUT2D eigenvalue weighted by atomic mass is 10.1. The minimum Gasteiger partial charge on any atom is -0.480 e. The number of carboxylic acid groups (broad SMARTS) is 1. The SMILES string of the molecule is CC(C)C(NC(=O)CNc1ccc([N+](=O)[O-])cn1)C(=O)O. The van der Waals surface area contributed by atoms with Gasteiger partial charge < -0.3 is 15.7 Å².